The molecule has 0 saturated heterocycles. The van der Waals surface area contributed by atoms with Gasteiger partial charge in [0.05, 0.1) is 16.3 Å². The van der Waals surface area contributed by atoms with Gasteiger partial charge < -0.3 is 9.64 Å². The SMILES string of the molecule is C[C@@H](Oc1ccc(Cc2ncc(C(F)(F)F)cc2Cl)cc1)C(=O)/C=C/N(C)C. The first-order valence-corrected chi connectivity index (χ1v) is 8.79. The van der Waals surface area contributed by atoms with Crippen molar-refractivity contribution < 1.29 is 22.7 Å². The van der Waals surface area contributed by atoms with Crippen molar-refractivity contribution in [3.8, 4) is 5.75 Å². The van der Waals surface area contributed by atoms with Crippen LogP contribution in [0.25, 0.3) is 0 Å². The number of alkyl halides is 3. The predicted octanol–water partition coefficient (Wildman–Crippen LogP) is 4.76. The molecule has 0 aliphatic carbocycles. The van der Waals surface area contributed by atoms with Gasteiger partial charge in [0.1, 0.15) is 5.75 Å². The Morgan fingerprint density at radius 3 is 2.46 bits per heavy atom. The van der Waals surface area contributed by atoms with Gasteiger partial charge in [-0.1, -0.05) is 23.7 Å². The van der Waals surface area contributed by atoms with Gasteiger partial charge in [-0.3, -0.25) is 9.78 Å². The Morgan fingerprint density at radius 2 is 1.93 bits per heavy atom. The minimum Gasteiger partial charge on any atom is -0.483 e. The summed E-state index contributed by atoms with van der Waals surface area (Å²) < 4.78 is 43.6. The maximum Gasteiger partial charge on any atom is 0.417 e. The lowest BCUT2D eigenvalue weighted by atomic mass is 10.1. The lowest BCUT2D eigenvalue weighted by molar-refractivity contribution is -0.137. The summed E-state index contributed by atoms with van der Waals surface area (Å²) in [5, 5.41) is -0.0398. The highest BCUT2D eigenvalue weighted by molar-refractivity contribution is 6.31. The van der Waals surface area contributed by atoms with Crippen LogP contribution in [0.15, 0.2) is 48.8 Å². The highest BCUT2D eigenvalue weighted by Gasteiger charge is 2.31. The van der Waals surface area contributed by atoms with Crippen LogP contribution in [0.4, 0.5) is 13.2 Å². The largest absolute Gasteiger partial charge is 0.483 e. The average molecular weight is 413 g/mol. The normalized spacial score (nSPS) is 12.8. The lowest BCUT2D eigenvalue weighted by Gasteiger charge is -2.13. The Bertz CT molecular complexity index is 850. The number of halogens is 4. The molecule has 0 N–H and O–H groups in total. The van der Waals surface area contributed by atoms with Crippen LogP contribution in [0.1, 0.15) is 23.7 Å². The zero-order valence-corrected chi connectivity index (χ0v) is 16.4. The zero-order chi connectivity index (χ0) is 20.9. The summed E-state index contributed by atoms with van der Waals surface area (Å²) in [7, 11) is 3.62. The van der Waals surface area contributed by atoms with Crippen LogP contribution in [0.3, 0.4) is 0 Å². The molecule has 1 aromatic carbocycles. The first-order chi connectivity index (χ1) is 13.1. The fourth-order valence-corrected chi connectivity index (χ4v) is 2.48. The molecule has 0 spiro atoms. The van der Waals surface area contributed by atoms with Gasteiger partial charge in [0.2, 0.25) is 0 Å². The number of ketones is 1. The van der Waals surface area contributed by atoms with Gasteiger partial charge in [0, 0.05) is 39.0 Å². The number of pyridine rings is 1. The fourth-order valence-electron chi connectivity index (χ4n) is 2.25. The summed E-state index contributed by atoms with van der Waals surface area (Å²) in [4.78, 5) is 17.5. The summed E-state index contributed by atoms with van der Waals surface area (Å²) in [5.41, 5.74) is 0.265. The molecule has 2 rings (SSSR count). The van der Waals surface area contributed by atoms with Crippen LogP contribution in [-0.4, -0.2) is 35.9 Å². The van der Waals surface area contributed by atoms with Crippen LogP contribution in [0.5, 0.6) is 5.75 Å². The molecule has 2 aromatic rings. The molecule has 150 valence electrons. The molecule has 4 nitrogen and oxygen atoms in total. The Labute approximate surface area is 166 Å². The maximum atomic E-state index is 12.7. The molecule has 28 heavy (non-hydrogen) atoms. The van der Waals surface area contributed by atoms with Crippen LogP contribution in [0, 0.1) is 0 Å². The molecule has 0 aliphatic heterocycles. The summed E-state index contributed by atoms with van der Waals surface area (Å²) in [6.45, 7) is 1.65. The minimum absolute atomic E-state index is 0.0398. The second kappa shape index (κ2) is 9.10. The topological polar surface area (TPSA) is 42.4 Å². The Morgan fingerprint density at radius 1 is 1.29 bits per heavy atom. The third kappa shape index (κ3) is 6.27. The molecule has 0 bridgehead atoms. The molecule has 0 radical (unpaired) electrons. The molecule has 1 atom stereocenters. The van der Waals surface area contributed by atoms with E-state index in [9.17, 15) is 18.0 Å². The van der Waals surface area contributed by atoms with E-state index in [0.29, 0.717) is 11.4 Å². The van der Waals surface area contributed by atoms with E-state index < -0.39 is 17.8 Å². The van der Waals surface area contributed by atoms with Crippen molar-refractivity contribution in [3.63, 3.8) is 0 Å². The molecule has 0 amide bonds. The fraction of sp³-hybridized carbons (Fsp3) is 0.300. The number of nitrogens with zero attached hydrogens (tertiary/aromatic N) is 2. The highest BCUT2D eigenvalue weighted by Crippen LogP contribution is 2.31. The first-order valence-electron chi connectivity index (χ1n) is 8.42. The highest BCUT2D eigenvalue weighted by atomic mass is 35.5. The molecule has 1 aromatic heterocycles. The molecule has 0 saturated carbocycles. The van der Waals surface area contributed by atoms with E-state index in [1.807, 2.05) is 14.1 Å². The quantitative estimate of drug-likeness (QED) is 0.615. The van der Waals surface area contributed by atoms with Crippen molar-refractivity contribution in [2.45, 2.75) is 25.6 Å². The average Bonchev–Trinajstić information content (AvgIpc) is 2.62. The second-order valence-corrected chi connectivity index (χ2v) is 6.82. The van der Waals surface area contributed by atoms with E-state index in [1.165, 1.54) is 6.08 Å². The van der Waals surface area contributed by atoms with E-state index in [-0.39, 0.29) is 17.2 Å². The Balaban J connectivity index is 2.02. The van der Waals surface area contributed by atoms with Crippen LogP contribution < -0.4 is 4.74 Å². The number of hydrogen-bond acceptors (Lipinski definition) is 4. The van der Waals surface area contributed by atoms with Crippen molar-refractivity contribution in [2.75, 3.05) is 14.1 Å². The van der Waals surface area contributed by atoms with Crippen molar-refractivity contribution in [1.82, 2.24) is 9.88 Å². The monoisotopic (exact) mass is 412 g/mol. The van der Waals surface area contributed by atoms with Crippen molar-refractivity contribution in [2.24, 2.45) is 0 Å². The van der Waals surface area contributed by atoms with Crippen LogP contribution >= 0.6 is 11.6 Å². The van der Waals surface area contributed by atoms with E-state index in [2.05, 4.69) is 4.98 Å². The number of hydrogen-bond donors (Lipinski definition) is 0. The number of carbonyl (C=O) groups excluding carboxylic acids is 1. The number of carbonyl (C=O) groups is 1. The van der Waals surface area contributed by atoms with Gasteiger partial charge in [-0.2, -0.15) is 13.2 Å². The third-order valence-corrected chi connectivity index (χ3v) is 4.12. The summed E-state index contributed by atoms with van der Waals surface area (Å²) >= 11 is 5.94. The Hall–Kier alpha value is -2.54. The van der Waals surface area contributed by atoms with Gasteiger partial charge in [-0.05, 0) is 30.7 Å². The summed E-state index contributed by atoms with van der Waals surface area (Å²) in [6, 6.07) is 7.74. The summed E-state index contributed by atoms with van der Waals surface area (Å²) in [5.74, 6) is 0.341. The number of benzene rings is 1. The first kappa shape index (κ1) is 21.8. The van der Waals surface area contributed by atoms with Gasteiger partial charge in [0.25, 0.3) is 0 Å². The van der Waals surface area contributed by atoms with Gasteiger partial charge in [-0.15, -0.1) is 0 Å². The smallest absolute Gasteiger partial charge is 0.417 e. The number of aromatic nitrogens is 1. The lowest BCUT2D eigenvalue weighted by Crippen LogP contribution is -2.22. The van der Waals surface area contributed by atoms with Crippen LogP contribution in [0.2, 0.25) is 5.02 Å². The maximum absolute atomic E-state index is 12.7. The number of rotatable bonds is 7. The van der Waals surface area contributed by atoms with Gasteiger partial charge >= 0.3 is 6.18 Å². The molecular weight excluding hydrogens is 393 g/mol. The molecule has 0 fully saturated rings. The van der Waals surface area contributed by atoms with Gasteiger partial charge in [-0.25, -0.2) is 0 Å². The Kier molecular flexibility index (Phi) is 7.07. The zero-order valence-electron chi connectivity index (χ0n) is 15.6. The van der Waals surface area contributed by atoms with Crippen molar-refractivity contribution >= 4 is 17.4 Å². The van der Waals surface area contributed by atoms with Crippen molar-refractivity contribution in [1.29, 1.82) is 0 Å². The van der Waals surface area contributed by atoms with E-state index in [4.69, 9.17) is 16.3 Å². The minimum atomic E-state index is -4.48. The standard InChI is InChI=1S/C20H20ClF3N2O2/c1-13(19(27)8-9-26(2)3)28-16-6-4-14(5-7-16)10-18-17(21)11-15(12-25-18)20(22,23)24/h4-9,11-13H,10H2,1-3H3/b9-8+/t13-/m1/s1. The van der Waals surface area contributed by atoms with Crippen LogP contribution in [-0.2, 0) is 17.4 Å². The second-order valence-electron chi connectivity index (χ2n) is 6.41. The van der Waals surface area contributed by atoms with Crippen molar-refractivity contribution in [3.05, 3.63) is 70.6 Å². The van der Waals surface area contributed by atoms with E-state index in [1.54, 1.807) is 42.3 Å². The summed E-state index contributed by atoms with van der Waals surface area (Å²) in [6.07, 6.45) is -0.995. The molecule has 0 unspecified atom stereocenters. The molecular formula is C20H20ClF3N2O2. The third-order valence-electron chi connectivity index (χ3n) is 3.79. The van der Waals surface area contributed by atoms with Gasteiger partial charge in [0.15, 0.2) is 11.9 Å². The molecule has 0 aliphatic rings. The molecule has 1 heterocycles. The molecule has 8 heteroatoms. The van der Waals surface area contributed by atoms with E-state index >= 15 is 0 Å². The number of ether oxygens (including phenoxy) is 1. The van der Waals surface area contributed by atoms with E-state index in [0.717, 1.165) is 17.8 Å². The predicted molar refractivity (Wildman–Crippen MR) is 101 cm³/mol.